The van der Waals surface area contributed by atoms with Crippen LogP contribution in [0.2, 0.25) is 5.04 Å². The van der Waals surface area contributed by atoms with E-state index in [0.717, 1.165) is 6.54 Å². The molecule has 29 heavy (non-hydrogen) atoms. The Balaban J connectivity index is 1.99. The van der Waals surface area contributed by atoms with E-state index in [9.17, 15) is 0 Å². The molecule has 1 N–H and O–H groups in total. The summed E-state index contributed by atoms with van der Waals surface area (Å²) >= 11 is 0. The van der Waals surface area contributed by atoms with Gasteiger partial charge in [0.25, 0.3) is 0 Å². The lowest BCUT2D eigenvalue weighted by Crippen LogP contribution is -2.63. The highest BCUT2D eigenvalue weighted by atomic mass is 28.3. The van der Waals surface area contributed by atoms with Gasteiger partial charge >= 0.3 is 0 Å². The minimum atomic E-state index is -2.32. The third-order valence-electron chi connectivity index (χ3n) is 5.47. The molecule has 0 spiro atoms. The van der Waals surface area contributed by atoms with Gasteiger partial charge < -0.3 is 0 Å². The Morgan fingerprint density at radius 1 is 0.759 bits per heavy atom. The van der Waals surface area contributed by atoms with Crippen LogP contribution in [0.15, 0.2) is 91.0 Å². The van der Waals surface area contributed by atoms with Gasteiger partial charge in [0.05, 0.1) is 6.04 Å². The largest absolute Gasteiger partial charge is 0.300 e. The van der Waals surface area contributed by atoms with Crippen LogP contribution in [0.3, 0.4) is 0 Å². The van der Waals surface area contributed by atoms with E-state index in [1.54, 1.807) is 0 Å². The monoisotopic (exact) mass is 397 g/mol. The lowest BCUT2D eigenvalue weighted by atomic mass is 10.2. The molecule has 0 saturated carbocycles. The molecule has 1 unspecified atom stereocenters. The van der Waals surface area contributed by atoms with Crippen molar-refractivity contribution < 1.29 is 0 Å². The third-order valence-corrected chi connectivity index (χ3v) is 10.6. The van der Waals surface area contributed by atoms with Gasteiger partial charge in [-0.3, -0.25) is 5.32 Å². The highest BCUT2D eigenvalue weighted by Crippen LogP contribution is 2.35. The summed E-state index contributed by atoms with van der Waals surface area (Å²) in [6.45, 7) is 10.0. The van der Waals surface area contributed by atoms with Crippen molar-refractivity contribution in [2.75, 3.05) is 0 Å². The molecule has 3 aromatic rings. The predicted octanol–water partition coefficient (Wildman–Crippen LogP) is 4.77. The van der Waals surface area contributed by atoms with Crippen LogP contribution in [0.1, 0.15) is 33.3 Å². The molecular weight excluding hydrogens is 366 g/mol. The second-order valence-electron chi connectivity index (χ2n) is 8.59. The third kappa shape index (κ3) is 4.88. The van der Waals surface area contributed by atoms with Crippen LogP contribution in [-0.2, 0) is 6.54 Å². The van der Waals surface area contributed by atoms with E-state index in [4.69, 9.17) is 0 Å². The standard InChI is InChI=1S/C27H31NSi/c1-23(28-22-24-14-8-5-9-15-24)20-21-29(27(2,3)4,25-16-10-6-11-17-25)26-18-12-7-13-19-26/h5-19,23,28H,22H2,1-4H3. The highest BCUT2D eigenvalue weighted by molar-refractivity contribution is 7.10. The summed E-state index contributed by atoms with van der Waals surface area (Å²) in [4.78, 5) is 0. The van der Waals surface area contributed by atoms with Crippen molar-refractivity contribution in [3.8, 4) is 11.5 Å². The molecule has 0 radical (unpaired) electrons. The second-order valence-corrected chi connectivity index (χ2v) is 13.0. The highest BCUT2D eigenvalue weighted by Gasteiger charge is 2.46. The minimum Gasteiger partial charge on any atom is -0.300 e. The van der Waals surface area contributed by atoms with Crippen molar-refractivity contribution in [1.82, 2.24) is 5.32 Å². The van der Waals surface area contributed by atoms with Crippen LogP contribution in [0.25, 0.3) is 0 Å². The van der Waals surface area contributed by atoms with E-state index in [2.05, 4.69) is 135 Å². The molecule has 0 aromatic heterocycles. The van der Waals surface area contributed by atoms with E-state index >= 15 is 0 Å². The number of rotatable bonds is 5. The molecule has 0 aliphatic carbocycles. The van der Waals surface area contributed by atoms with Gasteiger partial charge in [-0.1, -0.05) is 118 Å². The van der Waals surface area contributed by atoms with Gasteiger partial charge in [-0.2, -0.15) is 0 Å². The van der Waals surface area contributed by atoms with Crippen molar-refractivity contribution >= 4 is 18.4 Å². The molecule has 1 atom stereocenters. The molecule has 2 heteroatoms. The number of benzene rings is 3. The van der Waals surface area contributed by atoms with E-state index in [-0.39, 0.29) is 11.1 Å². The van der Waals surface area contributed by atoms with Crippen LogP contribution in [0.4, 0.5) is 0 Å². The molecule has 0 heterocycles. The average Bonchev–Trinajstić information content (AvgIpc) is 2.74. The van der Waals surface area contributed by atoms with Crippen LogP contribution in [0, 0.1) is 11.5 Å². The lowest BCUT2D eigenvalue weighted by molar-refractivity contribution is 0.648. The van der Waals surface area contributed by atoms with Crippen LogP contribution in [-0.4, -0.2) is 14.1 Å². The van der Waals surface area contributed by atoms with Crippen molar-refractivity contribution in [1.29, 1.82) is 0 Å². The normalized spacial score (nSPS) is 12.7. The molecule has 0 bridgehead atoms. The Morgan fingerprint density at radius 2 is 1.21 bits per heavy atom. The summed E-state index contributed by atoms with van der Waals surface area (Å²) in [6.07, 6.45) is 0. The topological polar surface area (TPSA) is 12.0 Å². The maximum absolute atomic E-state index is 3.87. The lowest BCUT2D eigenvalue weighted by Gasteiger charge is -2.39. The van der Waals surface area contributed by atoms with Crippen molar-refractivity contribution in [2.24, 2.45) is 0 Å². The zero-order valence-electron chi connectivity index (χ0n) is 17.9. The number of hydrogen-bond acceptors (Lipinski definition) is 1. The van der Waals surface area contributed by atoms with Crippen LogP contribution < -0.4 is 15.7 Å². The van der Waals surface area contributed by atoms with Gasteiger partial charge in [0, 0.05) is 6.54 Å². The van der Waals surface area contributed by atoms with Crippen molar-refractivity contribution in [3.05, 3.63) is 96.6 Å². The van der Waals surface area contributed by atoms with E-state index in [1.165, 1.54) is 15.9 Å². The summed E-state index contributed by atoms with van der Waals surface area (Å²) < 4.78 is 0. The molecule has 0 aliphatic heterocycles. The average molecular weight is 398 g/mol. The Labute approximate surface area is 177 Å². The first kappa shape index (κ1) is 21.1. The summed E-state index contributed by atoms with van der Waals surface area (Å²) in [5.41, 5.74) is 5.15. The minimum absolute atomic E-state index is 0.0574. The number of nitrogens with one attached hydrogen (secondary N) is 1. The molecule has 3 rings (SSSR count). The van der Waals surface area contributed by atoms with Gasteiger partial charge in [0.15, 0.2) is 0 Å². The Hall–Kier alpha value is -2.60. The maximum atomic E-state index is 3.87. The molecule has 0 fully saturated rings. The van der Waals surface area contributed by atoms with Gasteiger partial charge in [-0.15, -0.1) is 5.54 Å². The predicted molar refractivity (Wildman–Crippen MR) is 128 cm³/mol. The molecule has 0 aliphatic rings. The summed E-state index contributed by atoms with van der Waals surface area (Å²) in [7, 11) is -2.32. The zero-order valence-corrected chi connectivity index (χ0v) is 18.9. The van der Waals surface area contributed by atoms with Crippen LogP contribution in [0.5, 0.6) is 0 Å². The molecule has 3 aromatic carbocycles. The molecule has 0 amide bonds. The molecular formula is C27H31NSi. The first-order chi connectivity index (χ1) is 13.9. The van der Waals surface area contributed by atoms with Gasteiger partial charge in [0.1, 0.15) is 0 Å². The quantitative estimate of drug-likeness (QED) is 0.483. The summed E-state index contributed by atoms with van der Waals surface area (Å²) in [5.74, 6) is 3.60. The Morgan fingerprint density at radius 3 is 1.66 bits per heavy atom. The van der Waals surface area contributed by atoms with Gasteiger partial charge in [-0.25, -0.2) is 0 Å². The van der Waals surface area contributed by atoms with Crippen molar-refractivity contribution in [2.45, 2.75) is 45.3 Å². The first-order valence-electron chi connectivity index (χ1n) is 10.3. The fourth-order valence-electron chi connectivity index (χ4n) is 3.88. The SMILES string of the molecule is CC(C#C[Si](c1ccccc1)(c1ccccc1)C(C)(C)C)NCc1ccccc1. The molecule has 1 nitrogen and oxygen atoms in total. The Kier molecular flexibility index (Phi) is 6.74. The van der Waals surface area contributed by atoms with E-state index in [1.807, 2.05) is 0 Å². The zero-order chi connectivity index (χ0) is 20.7. The first-order valence-corrected chi connectivity index (χ1v) is 12.3. The summed E-state index contributed by atoms with van der Waals surface area (Å²) in [5, 5.41) is 6.38. The Bertz CT molecular complexity index is 908. The summed E-state index contributed by atoms with van der Waals surface area (Å²) in [6, 6.07) is 32.4. The van der Waals surface area contributed by atoms with E-state index in [0.29, 0.717) is 0 Å². The van der Waals surface area contributed by atoms with E-state index < -0.39 is 8.07 Å². The fourth-order valence-corrected chi connectivity index (χ4v) is 8.42. The number of hydrogen-bond donors (Lipinski definition) is 1. The maximum Gasteiger partial charge on any atom is 0.204 e. The van der Waals surface area contributed by atoms with Gasteiger partial charge in [-0.05, 0) is 27.9 Å². The van der Waals surface area contributed by atoms with Gasteiger partial charge in [0.2, 0.25) is 8.07 Å². The van der Waals surface area contributed by atoms with Crippen molar-refractivity contribution in [3.63, 3.8) is 0 Å². The second kappa shape index (κ2) is 9.26. The fraction of sp³-hybridized carbons (Fsp3) is 0.259. The van der Waals surface area contributed by atoms with Crippen LogP contribution >= 0.6 is 0 Å². The molecule has 0 saturated heterocycles. The smallest absolute Gasteiger partial charge is 0.204 e. The molecule has 148 valence electrons.